The van der Waals surface area contributed by atoms with Crippen molar-refractivity contribution in [1.29, 1.82) is 0 Å². The monoisotopic (exact) mass is 293 g/mol. The van der Waals surface area contributed by atoms with Crippen LogP contribution in [0.4, 0.5) is 0 Å². The third-order valence-electron chi connectivity index (χ3n) is 2.66. The van der Waals surface area contributed by atoms with Crippen LogP contribution in [0.25, 0.3) is 11.1 Å². The molecule has 0 atom stereocenters. The highest BCUT2D eigenvalue weighted by atomic mass is 35.5. The van der Waals surface area contributed by atoms with Gasteiger partial charge in [-0.1, -0.05) is 17.7 Å². The Kier molecular flexibility index (Phi) is 3.58. The fourth-order valence-electron chi connectivity index (χ4n) is 1.68. The van der Waals surface area contributed by atoms with Crippen LogP contribution in [-0.2, 0) is 0 Å². The second kappa shape index (κ2) is 5.18. The number of benzene rings is 1. The number of hydrogen-bond acceptors (Lipinski definition) is 3. The molecule has 0 fully saturated rings. The zero-order valence-electron chi connectivity index (χ0n) is 9.88. The Balaban J connectivity index is 2.65. The molecule has 2 aromatic rings. The minimum absolute atomic E-state index is 0.0343. The Hall–Kier alpha value is -2.60. The normalized spacial score (nSPS) is 10.2. The van der Waals surface area contributed by atoms with E-state index < -0.39 is 17.5 Å². The van der Waals surface area contributed by atoms with Crippen molar-refractivity contribution < 1.29 is 19.8 Å². The molecular formula is C13H8ClNO5. The van der Waals surface area contributed by atoms with Gasteiger partial charge in [-0.25, -0.2) is 9.59 Å². The van der Waals surface area contributed by atoms with Gasteiger partial charge in [0, 0.05) is 11.8 Å². The maximum absolute atomic E-state index is 11.7. The molecule has 0 unspecified atom stereocenters. The van der Waals surface area contributed by atoms with Crippen molar-refractivity contribution in [2.45, 2.75) is 0 Å². The van der Waals surface area contributed by atoms with Gasteiger partial charge in [-0.2, -0.15) is 0 Å². The van der Waals surface area contributed by atoms with Crippen LogP contribution in [-0.4, -0.2) is 27.1 Å². The number of H-pyrrole nitrogens is 1. The molecule has 0 saturated carbocycles. The van der Waals surface area contributed by atoms with Crippen LogP contribution in [0.15, 0.2) is 35.3 Å². The van der Waals surface area contributed by atoms with E-state index in [9.17, 15) is 14.4 Å². The lowest BCUT2D eigenvalue weighted by Gasteiger charge is -2.05. The first-order chi connectivity index (χ1) is 9.40. The van der Waals surface area contributed by atoms with Crippen LogP contribution in [0.1, 0.15) is 20.7 Å². The summed E-state index contributed by atoms with van der Waals surface area (Å²) in [6.45, 7) is 0. The number of hydrogen-bond donors (Lipinski definition) is 3. The van der Waals surface area contributed by atoms with Crippen LogP contribution in [0.2, 0.25) is 5.02 Å². The molecule has 0 aliphatic rings. The van der Waals surface area contributed by atoms with E-state index in [1.807, 2.05) is 0 Å². The standard InChI is InChI=1S/C13H8ClNO5/c14-10-2-1-6(3-9(10)13(19)20)8-4-7(12(17)18)5-15-11(8)16/h1-5H,(H,15,16)(H,17,18)(H,19,20). The van der Waals surface area contributed by atoms with Gasteiger partial charge in [-0.3, -0.25) is 4.79 Å². The third kappa shape index (κ3) is 2.55. The van der Waals surface area contributed by atoms with Gasteiger partial charge in [-0.05, 0) is 23.8 Å². The predicted octanol–water partition coefficient (Wildman–Crippen LogP) is 2.09. The molecule has 0 radical (unpaired) electrons. The minimum Gasteiger partial charge on any atom is -0.478 e. The number of pyridine rings is 1. The highest BCUT2D eigenvalue weighted by Crippen LogP contribution is 2.23. The van der Waals surface area contributed by atoms with Crippen molar-refractivity contribution >= 4 is 23.5 Å². The molecule has 7 heteroatoms. The number of carboxylic acid groups (broad SMARTS) is 2. The Morgan fingerprint density at radius 1 is 1.10 bits per heavy atom. The van der Waals surface area contributed by atoms with Crippen molar-refractivity contribution in [3.63, 3.8) is 0 Å². The number of nitrogens with one attached hydrogen (secondary N) is 1. The van der Waals surface area contributed by atoms with E-state index >= 15 is 0 Å². The van der Waals surface area contributed by atoms with Crippen LogP contribution >= 0.6 is 11.6 Å². The fraction of sp³-hybridized carbons (Fsp3) is 0. The van der Waals surface area contributed by atoms with Gasteiger partial charge in [0.15, 0.2) is 0 Å². The first-order valence-electron chi connectivity index (χ1n) is 5.39. The molecule has 1 aromatic carbocycles. The largest absolute Gasteiger partial charge is 0.478 e. The molecule has 0 amide bonds. The third-order valence-corrected chi connectivity index (χ3v) is 2.99. The van der Waals surface area contributed by atoms with E-state index in [0.717, 1.165) is 6.20 Å². The molecular weight excluding hydrogens is 286 g/mol. The topological polar surface area (TPSA) is 107 Å². The molecule has 1 aromatic heterocycles. The maximum Gasteiger partial charge on any atom is 0.337 e. The van der Waals surface area contributed by atoms with Crippen molar-refractivity contribution in [1.82, 2.24) is 4.98 Å². The lowest BCUT2D eigenvalue weighted by Crippen LogP contribution is -2.11. The first-order valence-corrected chi connectivity index (χ1v) is 5.77. The van der Waals surface area contributed by atoms with E-state index in [4.69, 9.17) is 21.8 Å². The molecule has 0 aliphatic heterocycles. The Labute approximate surface area is 117 Å². The maximum atomic E-state index is 11.7. The van der Waals surface area contributed by atoms with Crippen molar-refractivity contribution in [3.05, 3.63) is 57.0 Å². The molecule has 0 saturated heterocycles. The Morgan fingerprint density at radius 2 is 1.80 bits per heavy atom. The lowest BCUT2D eigenvalue weighted by atomic mass is 10.0. The number of halogens is 1. The second-order valence-electron chi connectivity index (χ2n) is 3.94. The van der Waals surface area contributed by atoms with Gasteiger partial charge in [0.05, 0.1) is 16.1 Å². The second-order valence-corrected chi connectivity index (χ2v) is 4.34. The molecule has 1 heterocycles. The number of rotatable bonds is 3. The summed E-state index contributed by atoms with van der Waals surface area (Å²) in [5.41, 5.74) is -0.454. The Bertz CT molecular complexity index is 766. The van der Waals surface area contributed by atoms with Gasteiger partial charge in [0.25, 0.3) is 5.56 Å². The summed E-state index contributed by atoms with van der Waals surface area (Å²) in [6.07, 6.45) is 1.07. The van der Waals surface area contributed by atoms with Gasteiger partial charge in [-0.15, -0.1) is 0 Å². The number of carboxylic acids is 2. The van der Waals surface area contributed by atoms with Gasteiger partial charge in [0.2, 0.25) is 0 Å². The average Bonchev–Trinajstić information content (AvgIpc) is 2.39. The zero-order valence-corrected chi connectivity index (χ0v) is 10.6. The SMILES string of the molecule is O=C(O)c1c[nH]c(=O)c(-c2ccc(Cl)c(C(=O)O)c2)c1. The summed E-state index contributed by atoms with van der Waals surface area (Å²) in [6, 6.07) is 5.19. The van der Waals surface area contributed by atoms with Crippen LogP contribution in [0, 0.1) is 0 Å². The zero-order chi connectivity index (χ0) is 14.9. The van der Waals surface area contributed by atoms with Gasteiger partial charge >= 0.3 is 11.9 Å². The van der Waals surface area contributed by atoms with Crippen molar-refractivity contribution in [3.8, 4) is 11.1 Å². The number of aromatic carboxylic acids is 2. The molecule has 0 bridgehead atoms. The molecule has 6 nitrogen and oxygen atoms in total. The first kappa shape index (κ1) is 13.8. The summed E-state index contributed by atoms with van der Waals surface area (Å²) < 4.78 is 0. The summed E-state index contributed by atoms with van der Waals surface area (Å²) in [4.78, 5) is 35.9. The predicted molar refractivity (Wildman–Crippen MR) is 71.4 cm³/mol. The van der Waals surface area contributed by atoms with Crippen LogP contribution in [0.3, 0.4) is 0 Å². The van der Waals surface area contributed by atoms with Crippen molar-refractivity contribution in [2.24, 2.45) is 0 Å². The van der Waals surface area contributed by atoms with Crippen LogP contribution in [0.5, 0.6) is 0 Å². The van der Waals surface area contributed by atoms with E-state index in [2.05, 4.69) is 4.98 Å². The van der Waals surface area contributed by atoms with E-state index in [1.165, 1.54) is 24.3 Å². The summed E-state index contributed by atoms with van der Waals surface area (Å²) >= 11 is 5.74. The Morgan fingerprint density at radius 3 is 2.40 bits per heavy atom. The molecule has 20 heavy (non-hydrogen) atoms. The molecule has 2 rings (SSSR count). The van der Waals surface area contributed by atoms with Crippen molar-refractivity contribution in [2.75, 3.05) is 0 Å². The summed E-state index contributed by atoms with van der Waals surface area (Å²) in [5, 5.41) is 17.9. The highest BCUT2D eigenvalue weighted by molar-refractivity contribution is 6.33. The molecule has 3 N–H and O–H groups in total. The fourth-order valence-corrected chi connectivity index (χ4v) is 1.88. The van der Waals surface area contributed by atoms with E-state index in [-0.39, 0.29) is 27.3 Å². The smallest absolute Gasteiger partial charge is 0.337 e. The van der Waals surface area contributed by atoms with Crippen LogP contribution < -0.4 is 5.56 Å². The quantitative estimate of drug-likeness (QED) is 0.803. The number of aromatic nitrogens is 1. The average molecular weight is 294 g/mol. The summed E-state index contributed by atoms with van der Waals surface area (Å²) in [7, 11) is 0. The van der Waals surface area contributed by atoms with Gasteiger partial charge < -0.3 is 15.2 Å². The molecule has 102 valence electrons. The van der Waals surface area contributed by atoms with E-state index in [1.54, 1.807) is 0 Å². The number of aromatic amines is 1. The highest BCUT2D eigenvalue weighted by Gasteiger charge is 2.13. The lowest BCUT2D eigenvalue weighted by molar-refractivity contribution is 0.0685. The molecule has 0 spiro atoms. The molecule has 0 aliphatic carbocycles. The van der Waals surface area contributed by atoms with Gasteiger partial charge in [0.1, 0.15) is 0 Å². The minimum atomic E-state index is -1.23. The van der Waals surface area contributed by atoms with E-state index in [0.29, 0.717) is 0 Å². The summed E-state index contributed by atoms with van der Waals surface area (Å²) in [5.74, 6) is -2.43. The number of carbonyl (C=O) groups is 2.